The Balaban J connectivity index is 2.02. The summed E-state index contributed by atoms with van der Waals surface area (Å²) in [6.07, 6.45) is 1.38. The van der Waals surface area contributed by atoms with Crippen molar-refractivity contribution in [2.45, 2.75) is 33.6 Å². The number of hydrogen-bond donors (Lipinski definition) is 2. The predicted molar refractivity (Wildman–Crippen MR) is 101 cm³/mol. The Kier molecular flexibility index (Phi) is 4.29. The molecule has 0 aliphatic carbocycles. The standard InChI is InChI=1S/C21H23NO3/c1-12-9-15(10-13(2)20(12)24)5-7-18-14(3)17-8-6-16(23)11-19(17)22(4)21(18)25/h6,8-11,23-24H,5,7H2,1-4H3. The van der Waals surface area contributed by atoms with Gasteiger partial charge in [-0.15, -0.1) is 0 Å². The summed E-state index contributed by atoms with van der Waals surface area (Å²) < 4.78 is 1.60. The highest BCUT2D eigenvalue weighted by atomic mass is 16.3. The Morgan fingerprint density at radius 1 is 0.960 bits per heavy atom. The van der Waals surface area contributed by atoms with Gasteiger partial charge in [0.05, 0.1) is 5.52 Å². The summed E-state index contributed by atoms with van der Waals surface area (Å²) in [6.45, 7) is 5.74. The number of nitrogens with zero attached hydrogens (tertiary/aromatic N) is 1. The van der Waals surface area contributed by atoms with Crippen molar-refractivity contribution >= 4 is 10.9 Å². The number of hydrogen-bond acceptors (Lipinski definition) is 3. The third kappa shape index (κ3) is 3.00. The Hall–Kier alpha value is -2.75. The maximum absolute atomic E-state index is 12.8. The van der Waals surface area contributed by atoms with Crippen LogP contribution in [-0.4, -0.2) is 14.8 Å². The lowest BCUT2D eigenvalue weighted by Crippen LogP contribution is -2.23. The molecule has 0 bridgehead atoms. The van der Waals surface area contributed by atoms with E-state index in [-0.39, 0.29) is 11.3 Å². The highest BCUT2D eigenvalue weighted by molar-refractivity contribution is 5.84. The second-order valence-electron chi connectivity index (χ2n) is 6.75. The van der Waals surface area contributed by atoms with Gasteiger partial charge in [0.2, 0.25) is 0 Å². The number of aryl methyl sites for hydroxylation is 5. The lowest BCUT2D eigenvalue weighted by molar-refractivity contribution is 0.466. The van der Waals surface area contributed by atoms with E-state index in [9.17, 15) is 15.0 Å². The minimum absolute atomic E-state index is 0.0252. The fourth-order valence-corrected chi connectivity index (χ4v) is 3.50. The first-order chi connectivity index (χ1) is 11.8. The summed E-state index contributed by atoms with van der Waals surface area (Å²) in [7, 11) is 1.74. The van der Waals surface area contributed by atoms with Crippen LogP contribution in [0.15, 0.2) is 35.1 Å². The van der Waals surface area contributed by atoms with Crippen LogP contribution in [0.3, 0.4) is 0 Å². The number of pyridine rings is 1. The van der Waals surface area contributed by atoms with Crippen LogP contribution in [0.2, 0.25) is 0 Å². The minimum atomic E-state index is -0.0252. The van der Waals surface area contributed by atoms with Crippen LogP contribution in [0.25, 0.3) is 10.9 Å². The summed E-state index contributed by atoms with van der Waals surface area (Å²) in [5.74, 6) is 0.492. The van der Waals surface area contributed by atoms with Crippen LogP contribution in [0.4, 0.5) is 0 Å². The summed E-state index contributed by atoms with van der Waals surface area (Å²) in [6, 6.07) is 9.08. The predicted octanol–water partition coefficient (Wildman–Crippen LogP) is 3.66. The van der Waals surface area contributed by atoms with Crippen LogP contribution in [0, 0.1) is 20.8 Å². The monoisotopic (exact) mass is 337 g/mol. The van der Waals surface area contributed by atoms with Crippen molar-refractivity contribution in [1.82, 2.24) is 4.57 Å². The average molecular weight is 337 g/mol. The van der Waals surface area contributed by atoms with Gasteiger partial charge in [0, 0.05) is 24.1 Å². The van der Waals surface area contributed by atoms with Crippen molar-refractivity contribution in [2.75, 3.05) is 0 Å². The molecule has 0 saturated carbocycles. The number of aromatic hydroxyl groups is 2. The first-order valence-electron chi connectivity index (χ1n) is 8.40. The van der Waals surface area contributed by atoms with Gasteiger partial charge in [-0.1, -0.05) is 12.1 Å². The van der Waals surface area contributed by atoms with Crippen molar-refractivity contribution < 1.29 is 10.2 Å². The Morgan fingerprint density at radius 2 is 1.60 bits per heavy atom. The van der Waals surface area contributed by atoms with Gasteiger partial charge in [-0.3, -0.25) is 4.79 Å². The Labute approximate surface area is 147 Å². The topological polar surface area (TPSA) is 62.5 Å². The first-order valence-corrected chi connectivity index (χ1v) is 8.40. The number of aromatic nitrogens is 1. The van der Waals surface area contributed by atoms with Gasteiger partial charge in [0.15, 0.2) is 0 Å². The smallest absolute Gasteiger partial charge is 0.254 e. The highest BCUT2D eigenvalue weighted by Gasteiger charge is 2.13. The molecule has 1 heterocycles. The highest BCUT2D eigenvalue weighted by Crippen LogP contribution is 2.26. The van der Waals surface area contributed by atoms with E-state index in [2.05, 4.69) is 0 Å². The van der Waals surface area contributed by atoms with Crippen LogP contribution in [-0.2, 0) is 19.9 Å². The van der Waals surface area contributed by atoms with E-state index < -0.39 is 0 Å². The van der Waals surface area contributed by atoms with E-state index in [4.69, 9.17) is 0 Å². The molecule has 3 aromatic rings. The van der Waals surface area contributed by atoms with Gasteiger partial charge in [-0.05, 0) is 68.0 Å². The van der Waals surface area contributed by atoms with Crippen LogP contribution < -0.4 is 5.56 Å². The third-order valence-electron chi connectivity index (χ3n) is 4.98. The minimum Gasteiger partial charge on any atom is -0.508 e. The van der Waals surface area contributed by atoms with Gasteiger partial charge >= 0.3 is 0 Å². The maximum atomic E-state index is 12.8. The largest absolute Gasteiger partial charge is 0.508 e. The molecule has 0 radical (unpaired) electrons. The molecule has 4 heteroatoms. The number of benzene rings is 2. The van der Waals surface area contributed by atoms with Gasteiger partial charge in [0.25, 0.3) is 5.56 Å². The second kappa shape index (κ2) is 6.28. The first kappa shape index (κ1) is 17.1. The number of phenolic OH excluding ortho intramolecular Hbond substituents is 2. The van der Waals surface area contributed by atoms with E-state index in [1.807, 2.05) is 39.0 Å². The van der Waals surface area contributed by atoms with E-state index in [1.54, 1.807) is 23.7 Å². The van der Waals surface area contributed by atoms with E-state index in [0.717, 1.165) is 45.1 Å². The van der Waals surface area contributed by atoms with Crippen molar-refractivity contribution in [3.8, 4) is 11.5 Å². The number of phenols is 2. The molecule has 3 rings (SSSR count). The molecule has 0 aliphatic rings. The fraction of sp³-hybridized carbons (Fsp3) is 0.286. The molecule has 0 atom stereocenters. The van der Waals surface area contributed by atoms with Crippen molar-refractivity contribution in [1.29, 1.82) is 0 Å². The van der Waals surface area contributed by atoms with Crippen LogP contribution in [0.5, 0.6) is 11.5 Å². The molecular formula is C21H23NO3. The Morgan fingerprint density at radius 3 is 2.24 bits per heavy atom. The molecule has 0 saturated heterocycles. The lowest BCUT2D eigenvalue weighted by atomic mass is 9.96. The molecule has 130 valence electrons. The molecule has 0 unspecified atom stereocenters. The molecule has 0 aliphatic heterocycles. The molecular weight excluding hydrogens is 314 g/mol. The van der Waals surface area contributed by atoms with Crippen molar-refractivity contribution in [2.24, 2.45) is 7.05 Å². The molecule has 0 fully saturated rings. The quantitative estimate of drug-likeness (QED) is 0.767. The molecule has 2 N–H and O–H groups in total. The zero-order valence-electron chi connectivity index (χ0n) is 15.1. The summed E-state index contributed by atoms with van der Waals surface area (Å²) >= 11 is 0. The van der Waals surface area contributed by atoms with Crippen molar-refractivity contribution in [3.63, 3.8) is 0 Å². The van der Waals surface area contributed by atoms with Gasteiger partial charge < -0.3 is 14.8 Å². The van der Waals surface area contributed by atoms with Crippen molar-refractivity contribution in [3.05, 3.63) is 68.5 Å². The molecule has 4 nitrogen and oxygen atoms in total. The average Bonchev–Trinajstić information content (AvgIpc) is 2.57. The molecule has 25 heavy (non-hydrogen) atoms. The zero-order chi connectivity index (χ0) is 18.3. The normalized spacial score (nSPS) is 11.2. The SMILES string of the molecule is Cc1cc(CCc2c(C)c3ccc(O)cc3n(C)c2=O)cc(C)c1O. The lowest BCUT2D eigenvalue weighted by Gasteiger charge is -2.14. The second-order valence-corrected chi connectivity index (χ2v) is 6.75. The van der Waals surface area contributed by atoms with E-state index >= 15 is 0 Å². The molecule has 0 amide bonds. The molecule has 2 aromatic carbocycles. The van der Waals surface area contributed by atoms with Crippen LogP contribution in [0.1, 0.15) is 27.8 Å². The van der Waals surface area contributed by atoms with Gasteiger partial charge in [-0.25, -0.2) is 0 Å². The van der Waals surface area contributed by atoms with E-state index in [0.29, 0.717) is 12.2 Å². The third-order valence-corrected chi connectivity index (χ3v) is 4.98. The van der Waals surface area contributed by atoms with Gasteiger partial charge in [0.1, 0.15) is 11.5 Å². The summed E-state index contributed by atoms with van der Waals surface area (Å²) in [5.41, 5.74) is 5.29. The zero-order valence-corrected chi connectivity index (χ0v) is 15.1. The van der Waals surface area contributed by atoms with Gasteiger partial charge in [-0.2, -0.15) is 0 Å². The summed E-state index contributed by atoms with van der Waals surface area (Å²) in [5, 5.41) is 20.6. The van der Waals surface area contributed by atoms with Crippen LogP contribution >= 0.6 is 0 Å². The Bertz CT molecular complexity index is 1010. The fourth-order valence-electron chi connectivity index (χ4n) is 3.50. The molecule has 0 spiro atoms. The maximum Gasteiger partial charge on any atom is 0.254 e. The molecule has 1 aromatic heterocycles. The summed E-state index contributed by atoms with van der Waals surface area (Å²) in [4.78, 5) is 12.8. The van der Waals surface area contributed by atoms with E-state index in [1.165, 1.54) is 0 Å². The number of rotatable bonds is 3. The number of fused-ring (bicyclic) bond motifs is 1.